The molecule has 0 radical (unpaired) electrons. The fourth-order valence-electron chi connectivity index (χ4n) is 4.15. The lowest BCUT2D eigenvalue weighted by molar-refractivity contribution is -0.384. The lowest BCUT2D eigenvalue weighted by atomic mass is 10.1. The van der Waals surface area contributed by atoms with Gasteiger partial charge in [-0.25, -0.2) is 0 Å². The van der Waals surface area contributed by atoms with Crippen LogP contribution in [-0.4, -0.2) is 52.3 Å². The van der Waals surface area contributed by atoms with E-state index in [1.165, 1.54) is 0 Å². The Morgan fingerprint density at radius 3 is 2.34 bits per heavy atom. The number of aryl methyl sites for hydroxylation is 1. The van der Waals surface area contributed by atoms with E-state index in [-0.39, 0.29) is 10.6 Å². The molecule has 8 nitrogen and oxygen atoms in total. The summed E-state index contributed by atoms with van der Waals surface area (Å²) >= 11 is 0. The Morgan fingerprint density at radius 1 is 1.03 bits per heavy atom. The molecular weight excluding hydrogens is 404 g/mol. The molecule has 2 heterocycles. The molecule has 0 aliphatic carbocycles. The molecule has 3 aromatic rings. The van der Waals surface area contributed by atoms with Gasteiger partial charge >= 0.3 is 0 Å². The minimum atomic E-state index is -0.370. The number of hydrogen-bond donors (Lipinski definition) is 0. The fourth-order valence-corrected chi connectivity index (χ4v) is 4.15. The summed E-state index contributed by atoms with van der Waals surface area (Å²) < 4.78 is 1.95. The van der Waals surface area contributed by atoms with Crippen LogP contribution in [0.4, 0.5) is 11.4 Å². The molecule has 0 amide bonds. The fraction of sp³-hybridized carbons (Fsp3) is 0.333. The van der Waals surface area contributed by atoms with Crippen molar-refractivity contribution in [2.45, 2.75) is 19.9 Å². The standard InChI is InChI=1S/C24H26N6O2/c1-19-23(18-25)24(20-6-3-2-4-7-20)26-29(19)13-5-12-27-14-16-28(17-15-27)21-8-10-22(11-9-21)30(31)32/h2-4,6-11H,5,12-17H2,1H3. The molecule has 0 bridgehead atoms. The first-order valence-corrected chi connectivity index (χ1v) is 10.8. The number of benzene rings is 2. The predicted molar refractivity (Wildman–Crippen MR) is 123 cm³/mol. The quantitative estimate of drug-likeness (QED) is 0.418. The summed E-state index contributed by atoms with van der Waals surface area (Å²) in [5, 5.41) is 25.2. The Hall–Kier alpha value is -3.70. The number of anilines is 1. The van der Waals surface area contributed by atoms with Gasteiger partial charge in [0.1, 0.15) is 17.3 Å². The number of aromatic nitrogens is 2. The Morgan fingerprint density at radius 2 is 1.72 bits per heavy atom. The highest BCUT2D eigenvalue weighted by Gasteiger charge is 2.19. The van der Waals surface area contributed by atoms with Gasteiger partial charge in [0.05, 0.1) is 10.6 Å². The monoisotopic (exact) mass is 430 g/mol. The zero-order chi connectivity index (χ0) is 22.5. The second kappa shape index (κ2) is 9.62. The van der Waals surface area contributed by atoms with E-state index in [0.29, 0.717) is 5.56 Å². The summed E-state index contributed by atoms with van der Waals surface area (Å²) in [5.74, 6) is 0. The van der Waals surface area contributed by atoms with Crippen LogP contribution in [0, 0.1) is 28.4 Å². The van der Waals surface area contributed by atoms with E-state index in [0.717, 1.165) is 68.3 Å². The zero-order valence-electron chi connectivity index (χ0n) is 18.1. The highest BCUT2D eigenvalue weighted by Crippen LogP contribution is 2.25. The van der Waals surface area contributed by atoms with Crippen LogP contribution >= 0.6 is 0 Å². The second-order valence-electron chi connectivity index (χ2n) is 7.97. The lowest BCUT2D eigenvalue weighted by Crippen LogP contribution is -2.46. The van der Waals surface area contributed by atoms with Crippen LogP contribution in [0.5, 0.6) is 0 Å². The third-order valence-corrected chi connectivity index (χ3v) is 6.01. The largest absolute Gasteiger partial charge is 0.369 e. The first-order chi connectivity index (χ1) is 15.6. The molecule has 1 aliphatic rings. The average molecular weight is 431 g/mol. The molecule has 2 aromatic carbocycles. The number of nitriles is 1. The van der Waals surface area contributed by atoms with E-state index in [9.17, 15) is 15.4 Å². The Bertz CT molecular complexity index is 1110. The van der Waals surface area contributed by atoms with Crippen LogP contribution in [0.2, 0.25) is 0 Å². The highest BCUT2D eigenvalue weighted by atomic mass is 16.6. The third kappa shape index (κ3) is 4.63. The van der Waals surface area contributed by atoms with Gasteiger partial charge < -0.3 is 4.90 Å². The highest BCUT2D eigenvalue weighted by molar-refractivity contribution is 5.67. The molecular formula is C24H26N6O2. The minimum absolute atomic E-state index is 0.122. The second-order valence-corrected chi connectivity index (χ2v) is 7.97. The lowest BCUT2D eigenvalue weighted by Gasteiger charge is -2.36. The molecule has 0 atom stereocenters. The van der Waals surface area contributed by atoms with Gasteiger partial charge in [0.2, 0.25) is 0 Å². The SMILES string of the molecule is Cc1c(C#N)c(-c2ccccc2)nn1CCCN1CCN(c2ccc([N+](=O)[O-])cc2)CC1. The zero-order valence-corrected chi connectivity index (χ0v) is 18.1. The van der Waals surface area contributed by atoms with Gasteiger partial charge in [-0.3, -0.25) is 19.7 Å². The molecule has 1 saturated heterocycles. The van der Waals surface area contributed by atoms with Crippen LogP contribution in [0.25, 0.3) is 11.3 Å². The number of non-ortho nitro benzene ring substituents is 1. The molecule has 1 aliphatic heterocycles. The van der Waals surface area contributed by atoms with E-state index in [1.807, 2.05) is 54.1 Å². The van der Waals surface area contributed by atoms with Crippen molar-refractivity contribution in [2.24, 2.45) is 0 Å². The summed E-state index contributed by atoms with van der Waals surface area (Å²) in [5.41, 5.74) is 4.43. The van der Waals surface area contributed by atoms with Crippen LogP contribution in [-0.2, 0) is 6.54 Å². The van der Waals surface area contributed by atoms with E-state index in [4.69, 9.17) is 5.10 Å². The van der Waals surface area contributed by atoms with Crippen LogP contribution in [0.1, 0.15) is 17.7 Å². The van der Waals surface area contributed by atoms with Gasteiger partial charge in [-0.2, -0.15) is 10.4 Å². The van der Waals surface area contributed by atoms with Crippen molar-refractivity contribution in [2.75, 3.05) is 37.6 Å². The molecule has 1 aromatic heterocycles. The summed E-state index contributed by atoms with van der Waals surface area (Å²) in [6.07, 6.45) is 0.957. The molecule has 32 heavy (non-hydrogen) atoms. The molecule has 0 unspecified atom stereocenters. The minimum Gasteiger partial charge on any atom is -0.369 e. The van der Waals surface area contributed by atoms with Crippen molar-refractivity contribution in [1.82, 2.24) is 14.7 Å². The van der Waals surface area contributed by atoms with Gasteiger partial charge in [-0.05, 0) is 25.5 Å². The van der Waals surface area contributed by atoms with Crippen LogP contribution < -0.4 is 4.90 Å². The molecule has 8 heteroatoms. The number of nitrogens with zero attached hydrogens (tertiary/aromatic N) is 6. The predicted octanol–water partition coefficient (Wildman–Crippen LogP) is 3.85. The maximum absolute atomic E-state index is 10.8. The number of hydrogen-bond acceptors (Lipinski definition) is 6. The first kappa shape index (κ1) is 21.5. The summed E-state index contributed by atoms with van der Waals surface area (Å²) in [4.78, 5) is 15.2. The summed E-state index contributed by atoms with van der Waals surface area (Å²) in [6, 6.07) is 18.9. The molecule has 164 valence electrons. The average Bonchev–Trinajstić information content (AvgIpc) is 3.15. The summed E-state index contributed by atoms with van der Waals surface area (Å²) in [6.45, 7) is 7.40. The molecule has 1 fully saturated rings. The van der Waals surface area contributed by atoms with Crippen molar-refractivity contribution >= 4 is 11.4 Å². The Labute approximate surface area is 187 Å². The maximum atomic E-state index is 10.8. The van der Waals surface area contributed by atoms with Crippen molar-refractivity contribution in [3.8, 4) is 17.3 Å². The molecule has 0 N–H and O–H groups in total. The van der Waals surface area contributed by atoms with Crippen molar-refractivity contribution in [3.05, 3.63) is 76.0 Å². The number of nitro groups is 1. The summed E-state index contributed by atoms with van der Waals surface area (Å²) in [7, 11) is 0. The number of piperazine rings is 1. The van der Waals surface area contributed by atoms with Gasteiger partial charge in [0.15, 0.2) is 0 Å². The Balaban J connectivity index is 1.30. The van der Waals surface area contributed by atoms with E-state index < -0.39 is 0 Å². The third-order valence-electron chi connectivity index (χ3n) is 6.01. The number of rotatable bonds is 7. The van der Waals surface area contributed by atoms with Crippen molar-refractivity contribution in [1.29, 1.82) is 5.26 Å². The Kier molecular flexibility index (Phi) is 6.47. The normalized spacial score (nSPS) is 14.3. The van der Waals surface area contributed by atoms with Crippen LogP contribution in [0.3, 0.4) is 0 Å². The van der Waals surface area contributed by atoms with Gasteiger partial charge in [0, 0.05) is 62.7 Å². The van der Waals surface area contributed by atoms with Gasteiger partial charge in [-0.1, -0.05) is 30.3 Å². The molecule has 0 saturated carbocycles. The topological polar surface area (TPSA) is 91.2 Å². The van der Waals surface area contributed by atoms with Crippen molar-refractivity contribution in [3.63, 3.8) is 0 Å². The first-order valence-electron chi connectivity index (χ1n) is 10.8. The smallest absolute Gasteiger partial charge is 0.269 e. The number of nitro benzene ring substituents is 1. The van der Waals surface area contributed by atoms with Crippen LogP contribution in [0.15, 0.2) is 54.6 Å². The van der Waals surface area contributed by atoms with E-state index >= 15 is 0 Å². The van der Waals surface area contributed by atoms with Gasteiger partial charge in [0.25, 0.3) is 5.69 Å². The molecule has 0 spiro atoms. The van der Waals surface area contributed by atoms with E-state index in [2.05, 4.69) is 15.9 Å². The van der Waals surface area contributed by atoms with E-state index in [1.54, 1.807) is 12.1 Å². The van der Waals surface area contributed by atoms with Gasteiger partial charge in [-0.15, -0.1) is 0 Å². The molecule has 4 rings (SSSR count). The maximum Gasteiger partial charge on any atom is 0.269 e. The van der Waals surface area contributed by atoms with Crippen molar-refractivity contribution < 1.29 is 4.92 Å².